The van der Waals surface area contributed by atoms with Gasteiger partial charge in [-0.2, -0.15) is 0 Å². The van der Waals surface area contributed by atoms with E-state index >= 15 is 0 Å². The van der Waals surface area contributed by atoms with Crippen LogP contribution in [0.5, 0.6) is 5.75 Å². The fourth-order valence-electron chi connectivity index (χ4n) is 2.49. The number of ether oxygens (including phenoxy) is 1. The fraction of sp³-hybridized carbons (Fsp3) is 0.588. The van der Waals surface area contributed by atoms with Crippen LogP contribution in [-0.4, -0.2) is 47.9 Å². The highest BCUT2D eigenvalue weighted by molar-refractivity contribution is 6.01. The number of nitrogens with zero attached hydrogens (tertiary/aromatic N) is 3. The molecule has 126 valence electrons. The van der Waals surface area contributed by atoms with E-state index in [2.05, 4.69) is 18.8 Å². The molecular weight excluding hydrogens is 294 g/mol. The summed E-state index contributed by atoms with van der Waals surface area (Å²) in [5.41, 5.74) is 0. The van der Waals surface area contributed by atoms with Gasteiger partial charge in [0.1, 0.15) is 6.54 Å². The van der Waals surface area contributed by atoms with Gasteiger partial charge in [0.15, 0.2) is 18.2 Å². The largest absolute Gasteiger partial charge is 0.480 e. The fourth-order valence-corrected chi connectivity index (χ4v) is 2.49. The predicted molar refractivity (Wildman–Crippen MR) is 88.5 cm³/mol. The van der Waals surface area contributed by atoms with Crippen molar-refractivity contribution in [1.29, 1.82) is 0 Å². The van der Waals surface area contributed by atoms with Gasteiger partial charge >= 0.3 is 0 Å². The number of carbonyl (C=O) groups is 2. The number of anilines is 1. The van der Waals surface area contributed by atoms with Gasteiger partial charge in [-0.15, -0.1) is 0 Å². The Morgan fingerprint density at radius 3 is 2.65 bits per heavy atom. The Labute approximate surface area is 137 Å². The lowest BCUT2D eigenvalue weighted by atomic mass is 10.2. The molecule has 0 aromatic carbocycles. The van der Waals surface area contributed by atoms with Crippen LogP contribution in [-0.2, 0) is 9.59 Å². The van der Waals surface area contributed by atoms with Crippen LogP contribution in [0.2, 0.25) is 0 Å². The quantitative estimate of drug-likeness (QED) is 0.737. The van der Waals surface area contributed by atoms with E-state index in [-0.39, 0.29) is 25.0 Å². The van der Waals surface area contributed by atoms with E-state index < -0.39 is 0 Å². The van der Waals surface area contributed by atoms with E-state index in [1.54, 1.807) is 18.3 Å². The highest BCUT2D eigenvalue weighted by Gasteiger charge is 2.29. The monoisotopic (exact) mass is 319 g/mol. The first-order chi connectivity index (χ1) is 11.2. The molecule has 0 bridgehead atoms. The van der Waals surface area contributed by atoms with E-state index in [0.29, 0.717) is 11.6 Å². The summed E-state index contributed by atoms with van der Waals surface area (Å²) in [6, 6.07) is 3.52. The molecule has 1 aromatic heterocycles. The first-order valence-electron chi connectivity index (χ1n) is 8.33. The molecule has 6 heteroatoms. The second-order valence-electron chi connectivity index (χ2n) is 5.68. The molecule has 1 aromatic rings. The number of pyridine rings is 1. The second-order valence-corrected chi connectivity index (χ2v) is 5.68. The number of rotatable bonds is 8. The zero-order valence-electron chi connectivity index (χ0n) is 14.0. The van der Waals surface area contributed by atoms with E-state index in [0.717, 1.165) is 38.8 Å². The third kappa shape index (κ3) is 4.43. The molecule has 0 saturated heterocycles. The second kappa shape index (κ2) is 8.50. The lowest BCUT2D eigenvalue weighted by Crippen LogP contribution is -2.47. The first-order valence-corrected chi connectivity index (χ1v) is 8.33. The van der Waals surface area contributed by atoms with Crippen LogP contribution in [0.15, 0.2) is 18.3 Å². The van der Waals surface area contributed by atoms with Gasteiger partial charge in [0.2, 0.25) is 5.91 Å². The number of amides is 2. The van der Waals surface area contributed by atoms with Gasteiger partial charge in [-0.05, 0) is 25.0 Å². The van der Waals surface area contributed by atoms with Crippen LogP contribution in [0.3, 0.4) is 0 Å². The van der Waals surface area contributed by atoms with Gasteiger partial charge in [-0.25, -0.2) is 4.98 Å². The Balaban J connectivity index is 2.09. The third-order valence-electron chi connectivity index (χ3n) is 3.87. The standard InChI is InChI=1S/C17H25N3O3/c1-3-5-10-19(11-6-4-2)15(21)12-20-16(22)13-23-14-8-7-9-18-17(14)20/h7-9H,3-6,10-13H2,1-2H3. The topological polar surface area (TPSA) is 62.7 Å². The van der Waals surface area contributed by atoms with E-state index in [4.69, 9.17) is 4.74 Å². The predicted octanol–water partition coefficient (Wildman–Crippen LogP) is 2.24. The Bertz CT molecular complexity index is 540. The minimum atomic E-state index is -0.226. The van der Waals surface area contributed by atoms with Crippen LogP contribution < -0.4 is 9.64 Å². The van der Waals surface area contributed by atoms with Crippen molar-refractivity contribution >= 4 is 17.6 Å². The molecule has 2 heterocycles. The van der Waals surface area contributed by atoms with Crippen LogP contribution in [0.25, 0.3) is 0 Å². The van der Waals surface area contributed by atoms with E-state index in [1.165, 1.54) is 4.90 Å². The molecule has 0 N–H and O–H groups in total. The van der Waals surface area contributed by atoms with Crippen molar-refractivity contribution in [2.24, 2.45) is 0 Å². The van der Waals surface area contributed by atoms with Gasteiger partial charge in [0.25, 0.3) is 5.91 Å². The Morgan fingerprint density at radius 2 is 2.00 bits per heavy atom. The molecule has 6 nitrogen and oxygen atoms in total. The van der Waals surface area contributed by atoms with Crippen molar-refractivity contribution in [3.05, 3.63) is 18.3 Å². The smallest absolute Gasteiger partial charge is 0.266 e. The molecule has 2 amide bonds. The van der Waals surface area contributed by atoms with Crippen molar-refractivity contribution in [1.82, 2.24) is 9.88 Å². The molecule has 0 radical (unpaired) electrons. The molecule has 0 unspecified atom stereocenters. The number of hydrogen-bond acceptors (Lipinski definition) is 4. The number of fused-ring (bicyclic) bond motifs is 1. The highest BCUT2D eigenvalue weighted by Crippen LogP contribution is 2.28. The van der Waals surface area contributed by atoms with Gasteiger partial charge in [-0.3, -0.25) is 14.5 Å². The van der Waals surface area contributed by atoms with Crippen LogP contribution in [0.4, 0.5) is 5.82 Å². The summed E-state index contributed by atoms with van der Waals surface area (Å²) in [5, 5.41) is 0. The van der Waals surface area contributed by atoms with Gasteiger partial charge in [0, 0.05) is 19.3 Å². The molecule has 1 aliphatic heterocycles. The van der Waals surface area contributed by atoms with E-state index in [9.17, 15) is 9.59 Å². The molecule has 23 heavy (non-hydrogen) atoms. The molecule has 1 aliphatic rings. The molecule has 0 spiro atoms. The number of carbonyl (C=O) groups excluding carboxylic acids is 2. The summed E-state index contributed by atoms with van der Waals surface area (Å²) in [6.07, 6.45) is 5.63. The molecule has 0 saturated carbocycles. The summed E-state index contributed by atoms with van der Waals surface area (Å²) >= 11 is 0. The highest BCUT2D eigenvalue weighted by atomic mass is 16.5. The Morgan fingerprint density at radius 1 is 1.30 bits per heavy atom. The van der Waals surface area contributed by atoms with Gasteiger partial charge in [-0.1, -0.05) is 26.7 Å². The molecule has 0 fully saturated rings. The summed E-state index contributed by atoms with van der Waals surface area (Å²) < 4.78 is 5.36. The third-order valence-corrected chi connectivity index (χ3v) is 3.87. The normalized spacial score (nSPS) is 13.5. The lowest BCUT2D eigenvalue weighted by Gasteiger charge is -2.30. The SMILES string of the molecule is CCCCN(CCCC)C(=O)CN1C(=O)COc2cccnc21. The molecule has 0 atom stereocenters. The van der Waals surface area contributed by atoms with Crippen molar-refractivity contribution in [2.75, 3.05) is 31.1 Å². The summed E-state index contributed by atoms with van der Waals surface area (Å²) in [5.74, 6) is 0.728. The van der Waals surface area contributed by atoms with Crippen molar-refractivity contribution < 1.29 is 14.3 Å². The maximum atomic E-state index is 12.6. The minimum Gasteiger partial charge on any atom is -0.480 e. The van der Waals surface area contributed by atoms with Gasteiger partial charge < -0.3 is 9.64 Å². The molecular formula is C17H25N3O3. The average molecular weight is 319 g/mol. The Kier molecular flexibility index (Phi) is 6.38. The van der Waals surface area contributed by atoms with Crippen LogP contribution in [0, 0.1) is 0 Å². The average Bonchev–Trinajstić information content (AvgIpc) is 2.57. The number of aromatic nitrogens is 1. The zero-order chi connectivity index (χ0) is 16.7. The number of hydrogen-bond donors (Lipinski definition) is 0. The van der Waals surface area contributed by atoms with Crippen molar-refractivity contribution in [2.45, 2.75) is 39.5 Å². The maximum Gasteiger partial charge on any atom is 0.266 e. The first kappa shape index (κ1) is 17.2. The molecule has 0 aliphatic carbocycles. The van der Waals surface area contributed by atoms with E-state index in [1.807, 2.05) is 4.90 Å². The minimum absolute atomic E-state index is 0.0274. The maximum absolute atomic E-state index is 12.6. The van der Waals surface area contributed by atoms with Crippen LogP contribution in [0.1, 0.15) is 39.5 Å². The number of unbranched alkanes of at least 4 members (excludes halogenated alkanes) is 2. The van der Waals surface area contributed by atoms with Gasteiger partial charge in [0.05, 0.1) is 0 Å². The summed E-state index contributed by atoms with van der Waals surface area (Å²) in [6.45, 7) is 5.67. The Hall–Kier alpha value is -2.11. The molecule has 2 rings (SSSR count). The lowest BCUT2D eigenvalue weighted by molar-refractivity contribution is -0.132. The van der Waals surface area contributed by atoms with Crippen LogP contribution >= 0.6 is 0 Å². The summed E-state index contributed by atoms with van der Waals surface area (Å²) in [4.78, 5) is 32.3. The van der Waals surface area contributed by atoms with Crippen molar-refractivity contribution in [3.8, 4) is 5.75 Å². The summed E-state index contributed by atoms with van der Waals surface area (Å²) in [7, 11) is 0. The zero-order valence-corrected chi connectivity index (χ0v) is 14.0. The van der Waals surface area contributed by atoms with Crippen molar-refractivity contribution in [3.63, 3.8) is 0 Å².